The fourth-order valence-corrected chi connectivity index (χ4v) is 7.54. The zero-order valence-corrected chi connectivity index (χ0v) is 29.8. The molecule has 0 fully saturated rings. The Morgan fingerprint density at radius 3 is 1.67 bits per heavy atom. The van der Waals surface area contributed by atoms with Crippen LogP contribution in [0.5, 0.6) is 0 Å². The molecule has 2 aromatic heterocycles. The van der Waals surface area contributed by atoms with Crippen LogP contribution in [0.2, 0.25) is 0 Å². The van der Waals surface area contributed by atoms with Crippen molar-refractivity contribution >= 4 is 57.3 Å². The first-order valence-electron chi connectivity index (χ1n) is 17.4. The monoisotopic (exact) mass is 640 g/mol. The van der Waals surface area contributed by atoms with Gasteiger partial charge in [-0.05, 0) is 56.6 Å². The molecule has 0 spiro atoms. The molecule has 3 aliphatic heterocycles. The van der Waals surface area contributed by atoms with Gasteiger partial charge in [-0.1, -0.05) is 129 Å². The van der Waals surface area contributed by atoms with Crippen molar-refractivity contribution in [3.05, 3.63) is 124 Å². The van der Waals surface area contributed by atoms with E-state index in [0.717, 1.165) is 60.7 Å². The zero-order valence-electron chi connectivity index (χ0n) is 29.8. The lowest BCUT2D eigenvalue weighted by Gasteiger charge is -2.24. The number of benzene rings is 4. The van der Waals surface area contributed by atoms with Gasteiger partial charge in [-0.2, -0.15) is 0 Å². The third-order valence-electron chi connectivity index (χ3n) is 10.4. The number of hydrogen-bond acceptors (Lipinski definition) is 4. The maximum absolute atomic E-state index is 5.61. The number of hydrogen-bond donors (Lipinski definition) is 0. The second-order valence-corrected chi connectivity index (χ2v) is 16.9. The van der Waals surface area contributed by atoms with Crippen LogP contribution in [0.25, 0.3) is 21.5 Å². The largest absolute Gasteiger partial charge is 0.425 e. The smallest absolute Gasteiger partial charge is 0.329 e. The molecule has 0 saturated heterocycles. The Labute approximate surface area is 287 Å². The Bertz CT molecular complexity index is 2600. The minimum atomic E-state index is -0.260. The highest BCUT2D eigenvalue weighted by atomic mass is 15.2. The van der Waals surface area contributed by atoms with Crippen LogP contribution in [0.15, 0.2) is 105 Å². The number of aromatic nitrogens is 2. The second-order valence-electron chi connectivity index (χ2n) is 16.9. The number of amidine groups is 2. The number of nitrogens with zero attached hydrogens (tertiary/aromatic N) is 6. The molecule has 242 valence electrons. The average molecular weight is 641 g/mol. The molecule has 4 aromatic carbocycles. The van der Waals surface area contributed by atoms with E-state index in [0.29, 0.717) is 11.7 Å². The van der Waals surface area contributed by atoms with E-state index < -0.39 is 0 Å². The number of rotatable bonds is 1. The van der Waals surface area contributed by atoms with Gasteiger partial charge in [-0.25, -0.2) is 20.0 Å². The van der Waals surface area contributed by atoms with Crippen LogP contribution in [-0.4, -0.2) is 27.6 Å². The van der Waals surface area contributed by atoms with Crippen molar-refractivity contribution in [1.82, 2.24) is 8.96 Å². The molecular weight excluding hydrogens is 599 g/mol. The quantitative estimate of drug-likeness (QED) is 0.163. The summed E-state index contributed by atoms with van der Waals surface area (Å²) in [6.07, 6.45) is 0. The molecule has 0 amide bonds. The summed E-state index contributed by atoms with van der Waals surface area (Å²) in [5.41, 5.74) is 8.64. The molecule has 9 rings (SSSR count). The van der Waals surface area contributed by atoms with Crippen molar-refractivity contribution in [2.45, 2.75) is 78.6 Å². The van der Waals surface area contributed by atoms with Crippen LogP contribution in [0, 0.1) is 0 Å². The van der Waals surface area contributed by atoms with Gasteiger partial charge in [-0.3, -0.25) is 0 Å². The van der Waals surface area contributed by atoms with Crippen LogP contribution < -0.4 is 16.4 Å². The maximum Gasteiger partial charge on any atom is 0.425 e. The van der Waals surface area contributed by atoms with Crippen LogP contribution in [0.4, 0.5) is 11.6 Å². The molecule has 0 radical (unpaired) electrons. The Morgan fingerprint density at radius 1 is 0.449 bits per heavy atom. The van der Waals surface area contributed by atoms with E-state index >= 15 is 0 Å². The third-order valence-corrected chi connectivity index (χ3v) is 10.4. The van der Waals surface area contributed by atoms with Crippen molar-refractivity contribution in [3.8, 4) is 0 Å². The first-order chi connectivity index (χ1) is 23.2. The Balaban J connectivity index is 1.52. The molecule has 6 nitrogen and oxygen atoms in total. The van der Waals surface area contributed by atoms with E-state index in [1.165, 1.54) is 16.7 Å². The fraction of sp³-hybridized carbons (Fsp3) is 0.286. The highest BCUT2D eigenvalue weighted by Gasteiger charge is 2.38. The summed E-state index contributed by atoms with van der Waals surface area (Å²) < 4.78 is 4.66. The summed E-state index contributed by atoms with van der Waals surface area (Å²) in [5.74, 6) is 3.16. The van der Waals surface area contributed by atoms with E-state index in [-0.39, 0.29) is 23.2 Å². The molecule has 0 aliphatic carbocycles. The van der Waals surface area contributed by atoms with E-state index in [4.69, 9.17) is 20.0 Å². The fourth-order valence-electron chi connectivity index (χ4n) is 7.54. The van der Waals surface area contributed by atoms with Gasteiger partial charge in [0.15, 0.2) is 11.7 Å². The molecule has 7 heteroatoms. The van der Waals surface area contributed by atoms with Crippen molar-refractivity contribution in [3.63, 3.8) is 0 Å². The van der Waals surface area contributed by atoms with Crippen molar-refractivity contribution < 1.29 is 0 Å². The van der Waals surface area contributed by atoms with Crippen molar-refractivity contribution in [2.75, 3.05) is 0 Å². The molecule has 0 atom stereocenters. The predicted molar refractivity (Wildman–Crippen MR) is 204 cm³/mol. The van der Waals surface area contributed by atoms with Crippen LogP contribution in [0.3, 0.4) is 0 Å². The maximum atomic E-state index is 5.61. The molecule has 0 unspecified atom stereocenters. The molecule has 0 saturated carbocycles. The minimum Gasteiger partial charge on any atom is -0.329 e. The van der Waals surface area contributed by atoms with Gasteiger partial charge in [0.05, 0.1) is 0 Å². The third kappa shape index (κ3) is 4.40. The van der Waals surface area contributed by atoms with Gasteiger partial charge in [0, 0.05) is 32.7 Å². The highest BCUT2D eigenvalue weighted by molar-refractivity contribution is 6.72. The van der Waals surface area contributed by atoms with Crippen LogP contribution in [0.1, 0.15) is 90.1 Å². The summed E-state index contributed by atoms with van der Waals surface area (Å²) in [4.78, 5) is 21.8. The van der Waals surface area contributed by atoms with E-state index in [1.807, 2.05) is 0 Å². The molecule has 3 aliphatic rings. The summed E-state index contributed by atoms with van der Waals surface area (Å²) in [5, 5.41) is 4.34. The molecule has 0 N–H and O–H groups in total. The molecule has 49 heavy (non-hydrogen) atoms. The molecular formula is C42H41BN6. The van der Waals surface area contributed by atoms with Gasteiger partial charge in [0.25, 0.3) is 0 Å². The highest BCUT2D eigenvalue weighted by Crippen LogP contribution is 2.43. The molecule has 5 heterocycles. The van der Waals surface area contributed by atoms with Gasteiger partial charge in [0.1, 0.15) is 22.6 Å². The van der Waals surface area contributed by atoms with Crippen LogP contribution >= 0.6 is 0 Å². The van der Waals surface area contributed by atoms with Gasteiger partial charge >= 0.3 is 6.98 Å². The summed E-state index contributed by atoms with van der Waals surface area (Å²) in [6.45, 7) is 20.1. The average Bonchev–Trinajstić information content (AvgIpc) is 3.67. The van der Waals surface area contributed by atoms with Crippen molar-refractivity contribution in [2.24, 2.45) is 20.0 Å². The zero-order chi connectivity index (χ0) is 34.2. The van der Waals surface area contributed by atoms with Crippen molar-refractivity contribution in [1.29, 1.82) is 0 Å². The minimum absolute atomic E-state index is 0.0256. The first kappa shape index (κ1) is 30.1. The summed E-state index contributed by atoms with van der Waals surface area (Å²) in [6, 6.07) is 31.1. The van der Waals surface area contributed by atoms with Gasteiger partial charge in [-0.15, -0.1) is 0 Å². The van der Waals surface area contributed by atoms with Crippen LogP contribution in [-0.2, 0) is 16.2 Å². The van der Waals surface area contributed by atoms with E-state index in [2.05, 4.69) is 156 Å². The summed E-state index contributed by atoms with van der Waals surface area (Å²) in [7, 11) is 0. The Kier molecular flexibility index (Phi) is 6.00. The molecule has 4 bridgehead atoms. The predicted octanol–water partition coefficient (Wildman–Crippen LogP) is 8.02. The molecule has 6 aromatic rings. The first-order valence-corrected chi connectivity index (χ1v) is 17.4. The summed E-state index contributed by atoms with van der Waals surface area (Å²) >= 11 is 0. The number of aliphatic imine (C=N–C) groups is 2. The van der Waals surface area contributed by atoms with Gasteiger partial charge in [0.2, 0.25) is 0 Å². The second kappa shape index (κ2) is 9.78. The lowest BCUT2D eigenvalue weighted by molar-refractivity contribution is 0.590. The standard InChI is InChI=1S/C42H41BN6/c1-40(2,3)24-15-18-28-31(21-24)35-44-34(28)45-36-29-19-16-25(41(4,5)6)22-32(29)38-47-39-33-23-26(42(7,8)9)17-20-30(33)37(46-35)49(39)43(48(36)38)27-13-11-10-12-14-27/h10-23H,1-9H3. The Hall–Kier alpha value is -5.04. The van der Waals surface area contributed by atoms with E-state index in [9.17, 15) is 0 Å². The lowest BCUT2D eigenvalue weighted by Crippen LogP contribution is -2.55. The Morgan fingerprint density at radius 2 is 1.00 bits per heavy atom. The normalized spacial score (nSPS) is 15.2. The SMILES string of the molecule is CC(C)(C)c1ccc2c(c1)C1=Nc3c4ccc(C(C)(C)C)cc4c4n3B(c3ccccc3)n3c(c5ccc(C(C)(C)C)cc5c3=N4)=NC2=N1. The lowest BCUT2D eigenvalue weighted by atomic mass is 9.66. The van der Waals surface area contributed by atoms with Gasteiger partial charge < -0.3 is 8.96 Å². The number of fused-ring (bicyclic) bond motifs is 10. The topological polar surface area (TPSA) is 59.3 Å². The van der Waals surface area contributed by atoms with E-state index in [1.54, 1.807) is 0 Å².